The smallest absolute Gasteiger partial charge is 0.333 e. The quantitative estimate of drug-likeness (QED) is 0.338. The van der Waals surface area contributed by atoms with E-state index in [0.29, 0.717) is 32.2 Å². The third kappa shape index (κ3) is 4.41. The van der Waals surface area contributed by atoms with Crippen molar-refractivity contribution in [3.63, 3.8) is 0 Å². The summed E-state index contributed by atoms with van der Waals surface area (Å²) in [5, 5.41) is 0. The molecule has 0 spiro atoms. The van der Waals surface area contributed by atoms with Crippen LogP contribution in [0.5, 0.6) is 0 Å². The maximum atomic E-state index is 13.4. The van der Waals surface area contributed by atoms with E-state index < -0.39 is 37.3 Å². The van der Waals surface area contributed by atoms with Gasteiger partial charge in [0.15, 0.2) is 17.2 Å². The monoisotopic (exact) mass is 513 g/mol. The second kappa shape index (κ2) is 8.99. The molecule has 0 radical (unpaired) electrons. The highest BCUT2D eigenvalue weighted by Crippen LogP contribution is 2.31. The fourth-order valence-corrected chi connectivity index (χ4v) is 4.04. The molecule has 0 fully saturated rings. The maximum absolute atomic E-state index is 13.4. The largest absolute Gasteiger partial charge is 0.434 e. The molecule has 0 atom stereocenters. The van der Waals surface area contributed by atoms with E-state index >= 15 is 0 Å². The minimum absolute atomic E-state index is 0.0141. The van der Waals surface area contributed by atoms with Gasteiger partial charge in [0.1, 0.15) is 11.3 Å². The van der Waals surface area contributed by atoms with Crippen LogP contribution in [0.1, 0.15) is 44.9 Å². The van der Waals surface area contributed by atoms with Gasteiger partial charge in [-0.1, -0.05) is 38.1 Å². The van der Waals surface area contributed by atoms with E-state index in [1.165, 1.54) is 35.0 Å². The Balaban J connectivity index is 1.60. The van der Waals surface area contributed by atoms with Crippen LogP contribution in [-0.2, 0) is 26.7 Å². The van der Waals surface area contributed by atoms with Crippen LogP contribution in [0.2, 0.25) is 0 Å². The molecule has 0 amide bonds. The van der Waals surface area contributed by atoms with Gasteiger partial charge in [0.05, 0.1) is 18.4 Å². The zero-order chi connectivity index (χ0) is 31.5. The van der Waals surface area contributed by atoms with E-state index in [1.54, 1.807) is 18.3 Å². The number of benzene rings is 1. The number of aromatic nitrogens is 7. The van der Waals surface area contributed by atoms with E-state index in [-0.39, 0.29) is 35.0 Å². The van der Waals surface area contributed by atoms with Crippen molar-refractivity contribution in [2.75, 3.05) is 0 Å². The maximum Gasteiger partial charge on any atom is 0.434 e. The molecule has 0 saturated heterocycles. The summed E-state index contributed by atoms with van der Waals surface area (Å²) in [5.74, 6) is -0.144. The van der Waals surface area contributed by atoms with Crippen LogP contribution < -0.4 is 5.69 Å². The van der Waals surface area contributed by atoms with Crippen molar-refractivity contribution in [1.29, 1.82) is 0 Å². The summed E-state index contributed by atoms with van der Waals surface area (Å²) in [7, 11) is 0. The summed E-state index contributed by atoms with van der Waals surface area (Å²) in [6, 6.07) is 9.20. The summed E-state index contributed by atoms with van der Waals surface area (Å²) in [5.41, 5.74) is -0.290. The van der Waals surface area contributed by atoms with Crippen molar-refractivity contribution in [3.8, 4) is 22.8 Å². The standard InChI is InChI=1S/C26H24F3N7O/c1-15(2)21-18(6-5-11-30-21)22-31-12-19-24(33-22)36(25(37)35(19)4)13-16-7-9-17(10-8-16)23-32-20(14-34(23)3)26(27,28)29/h5-12,14-15H,13H2,1-4H3/i3D3,4D3. The topological polar surface area (TPSA) is 83.4 Å². The highest BCUT2D eigenvalue weighted by molar-refractivity contribution is 5.74. The van der Waals surface area contributed by atoms with Gasteiger partial charge in [-0.2, -0.15) is 13.2 Å². The molecule has 0 aliphatic rings. The molecule has 37 heavy (non-hydrogen) atoms. The second-order valence-corrected chi connectivity index (χ2v) is 8.71. The molecule has 0 saturated carbocycles. The van der Waals surface area contributed by atoms with Gasteiger partial charge in [0, 0.05) is 45.7 Å². The molecule has 0 aliphatic carbocycles. The molecular formula is C26H24F3N7O. The van der Waals surface area contributed by atoms with Crippen LogP contribution in [0.25, 0.3) is 33.9 Å². The zero-order valence-corrected chi connectivity index (χ0v) is 19.7. The molecule has 8 nitrogen and oxygen atoms in total. The van der Waals surface area contributed by atoms with Crippen molar-refractivity contribution in [2.45, 2.75) is 32.5 Å². The predicted octanol–water partition coefficient (Wildman–Crippen LogP) is 4.78. The van der Waals surface area contributed by atoms with Crippen molar-refractivity contribution >= 4 is 11.2 Å². The summed E-state index contributed by atoms with van der Waals surface area (Å²) in [6.45, 7) is -2.01. The van der Waals surface area contributed by atoms with Gasteiger partial charge in [0.2, 0.25) is 0 Å². The number of fused-ring (bicyclic) bond motifs is 1. The van der Waals surface area contributed by atoms with Crippen molar-refractivity contribution in [2.24, 2.45) is 14.0 Å². The molecule has 4 heterocycles. The minimum atomic E-state index is -4.85. The number of aryl methyl sites for hydroxylation is 2. The molecule has 0 unspecified atom stereocenters. The summed E-state index contributed by atoms with van der Waals surface area (Å²) in [6.07, 6.45) is -1.51. The lowest BCUT2D eigenvalue weighted by Crippen LogP contribution is -2.22. The van der Waals surface area contributed by atoms with E-state index in [0.717, 1.165) is 0 Å². The number of alkyl halides is 3. The Hall–Kier alpha value is -4.28. The Morgan fingerprint density at radius 3 is 2.51 bits per heavy atom. The number of imidazole rings is 2. The van der Waals surface area contributed by atoms with Crippen LogP contribution in [0.3, 0.4) is 0 Å². The van der Waals surface area contributed by atoms with Crippen LogP contribution in [0.15, 0.2) is 59.8 Å². The van der Waals surface area contributed by atoms with Gasteiger partial charge in [0.25, 0.3) is 0 Å². The first-order valence-electron chi connectivity index (χ1n) is 14.2. The third-order valence-electron chi connectivity index (χ3n) is 5.84. The van der Waals surface area contributed by atoms with Crippen LogP contribution in [0, 0.1) is 0 Å². The van der Waals surface area contributed by atoms with Gasteiger partial charge in [-0.25, -0.2) is 19.7 Å². The lowest BCUT2D eigenvalue weighted by molar-refractivity contribution is -0.140. The first-order chi connectivity index (χ1) is 20.0. The van der Waals surface area contributed by atoms with Crippen molar-refractivity contribution < 1.29 is 21.4 Å². The van der Waals surface area contributed by atoms with Gasteiger partial charge in [-0.15, -0.1) is 0 Å². The Labute approximate surface area is 218 Å². The number of hydrogen-bond acceptors (Lipinski definition) is 5. The summed E-state index contributed by atoms with van der Waals surface area (Å²) < 4.78 is 88.8. The first kappa shape index (κ1) is 18.0. The van der Waals surface area contributed by atoms with Gasteiger partial charge in [-0.05, 0) is 23.6 Å². The van der Waals surface area contributed by atoms with E-state index in [1.807, 2.05) is 13.8 Å². The average Bonchev–Trinajstić information content (AvgIpc) is 3.49. The van der Waals surface area contributed by atoms with E-state index in [4.69, 9.17) is 8.22 Å². The lowest BCUT2D eigenvalue weighted by atomic mass is 10.0. The number of rotatable bonds is 5. The SMILES string of the molecule is [2H]C([2H])([2H])n1cc(C(F)(F)F)nc1-c1ccc(Cn2c(=O)n(C([2H])([2H])[2H])c3cnc(-c4cccnc4C(C)C)nc32)cc1. The van der Waals surface area contributed by atoms with Gasteiger partial charge >= 0.3 is 11.9 Å². The molecule has 5 aromatic rings. The fraction of sp³-hybridized carbons (Fsp3) is 0.269. The lowest BCUT2D eigenvalue weighted by Gasteiger charge is -2.10. The fourth-order valence-electron chi connectivity index (χ4n) is 4.04. The van der Waals surface area contributed by atoms with Crippen LogP contribution >= 0.6 is 0 Å². The van der Waals surface area contributed by atoms with Crippen LogP contribution in [0.4, 0.5) is 13.2 Å². The van der Waals surface area contributed by atoms with E-state index in [2.05, 4.69) is 19.9 Å². The number of nitrogens with zero attached hydrogens (tertiary/aromatic N) is 7. The molecule has 11 heteroatoms. The molecule has 0 N–H and O–H groups in total. The third-order valence-corrected chi connectivity index (χ3v) is 5.84. The number of hydrogen-bond donors (Lipinski definition) is 0. The van der Waals surface area contributed by atoms with Gasteiger partial charge < -0.3 is 4.57 Å². The first-order valence-corrected chi connectivity index (χ1v) is 11.2. The second-order valence-electron chi connectivity index (χ2n) is 8.71. The van der Waals surface area contributed by atoms with Crippen molar-refractivity contribution in [3.05, 3.63) is 82.4 Å². The normalized spacial score (nSPS) is 15.2. The molecule has 0 bridgehead atoms. The molecule has 0 aliphatic heterocycles. The average molecular weight is 514 g/mol. The molecular weight excluding hydrogens is 483 g/mol. The van der Waals surface area contributed by atoms with Gasteiger partial charge in [-0.3, -0.25) is 14.1 Å². The Bertz CT molecular complexity index is 1870. The molecule has 190 valence electrons. The molecule has 4 aromatic heterocycles. The van der Waals surface area contributed by atoms with Crippen molar-refractivity contribution in [1.82, 2.24) is 33.6 Å². The highest BCUT2D eigenvalue weighted by Gasteiger charge is 2.34. The summed E-state index contributed by atoms with van der Waals surface area (Å²) in [4.78, 5) is 30.2. The zero-order valence-electron chi connectivity index (χ0n) is 25.7. The molecule has 1 aromatic carbocycles. The predicted molar refractivity (Wildman–Crippen MR) is 133 cm³/mol. The van der Waals surface area contributed by atoms with E-state index in [9.17, 15) is 18.0 Å². The highest BCUT2D eigenvalue weighted by atomic mass is 19.4. The Kier molecular flexibility index (Phi) is 4.38. The Morgan fingerprint density at radius 2 is 1.84 bits per heavy atom. The summed E-state index contributed by atoms with van der Waals surface area (Å²) >= 11 is 0. The molecule has 5 rings (SSSR count). The van der Waals surface area contributed by atoms with Crippen LogP contribution in [-0.4, -0.2) is 33.6 Å². The minimum Gasteiger partial charge on any atom is -0.333 e. The number of halogens is 3. The number of pyridine rings is 1. The Morgan fingerprint density at radius 1 is 1.05 bits per heavy atom.